The van der Waals surface area contributed by atoms with Gasteiger partial charge in [-0.25, -0.2) is 9.37 Å². The third-order valence-electron chi connectivity index (χ3n) is 2.10. The van der Waals surface area contributed by atoms with Crippen molar-refractivity contribution in [2.24, 2.45) is 0 Å². The van der Waals surface area contributed by atoms with Crippen molar-refractivity contribution in [1.29, 1.82) is 0 Å². The van der Waals surface area contributed by atoms with Crippen LogP contribution in [0.5, 0.6) is 5.75 Å². The summed E-state index contributed by atoms with van der Waals surface area (Å²) in [6, 6.07) is 4.57. The molecule has 0 bridgehead atoms. The summed E-state index contributed by atoms with van der Waals surface area (Å²) in [4.78, 5) is 7.94. The molecule has 16 heavy (non-hydrogen) atoms. The molecular weight excluding hydrogens is 209 g/mol. The van der Waals surface area contributed by atoms with Gasteiger partial charge in [-0.3, -0.25) is 4.98 Å². The van der Waals surface area contributed by atoms with Crippen molar-refractivity contribution >= 4 is 5.82 Å². The third kappa shape index (κ3) is 1.93. The predicted octanol–water partition coefficient (Wildman–Crippen LogP) is 1.87. The minimum absolute atomic E-state index is 0.195. The lowest BCUT2D eigenvalue weighted by Gasteiger charge is -2.04. The quantitative estimate of drug-likeness (QED) is 0.837. The van der Waals surface area contributed by atoms with Crippen LogP contribution in [-0.4, -0.2) is 17.1 Å². The first-order chi connectivity index (χ1) is 7.70. The van der Waals surface area contributed by atoms with E-state index >= 15 is 0 Å². The van der Waals surface area contributed by atoms with Gasteiger partial charge in [0, 0.05) is 5.56 Å². The molecular formula is C11H10FN3O. The van der Waals surface area contributed by atoms with Crippen molar-refractivity contribution in [3.63, 3.8) is 0 Å². The Bertz CT molecular complexity index is 516. The van der Waals surface area contributed by atoms with Crippen molar-refractivity contribution in [3.05, 3.63) is 36.4 Å². The predicted molar refractivity (Wildman–Crippen MR) is 58.4 cm³/mol. The Kier molecular flexibility index (Phi) is 2.68. The first-order valence-corrected chi connectivity index (χ1v) is 4.62. The normalized spacial score (nSPS) is 10.1. The van der Waals surface area contributed by atoms with Gasteiger partial charge in [-0.1, -0.05) is 0 Å². The molecule has 5 heteroatoms. The molecule has 82 valence electrons. The summed E-state index contributed by atoms with van der Waals surface area (Å²) < 4.78 is 18.3. The van der Waals surface area contributed by atoms with Gasteiger partial charge in [0.15, 0.2) is 11.6 Å². The van der Waals surface area contributed by atoms with E-state index in [1.807, 2.05) is 0 Å². The number of anilines is 1. The van der Waals surface area contributed by atoms with Gasteiger partial charge in [-0.05, 0) is 18.2 Å². The lowest BCUT2D eigenvalue weighted by atomic mass is 10.1. The van der Waals surface area contributed by atoms with E-state index in [1.165, 1.54) is 31.6 Å². The molecule has 0 unspecified atom stereocenters. The van der Waals surface area contributed by atoms with Crippen LogP contribution < -0.4 is 10.5 Å². The first-order valence-electron chi connectivity index (χ1n) is 4.62. The van der Waals surface area contributed by atoms with E-state index in [1.54, 1.807) is 6.07 Å². The molecule has 1 heterocycles. The molecule has 1 aromatic heterocycles. The SMILES string of the molecule is COc1ccc(-c2cncc(N)n2)cc1F. The van der Waals surface area contributed by atoms with Crippen LogP contribution in [0, 0.1) is 5.82 Å². The van der Waals surface area contributed by atoms with Gasteiger partial charge in [0.05, 0.1) is 25.2 Å². The van der Waals surface area contributed by atoms with Gasteiger partial charge in [0.25, 0.3) is 0 Å². The average Bonchev–Trinajstić information content (AvgIpc) is 2.29. The Morgan fingerprint density at radius 1 is 1.31 bits per heavy atom. The van der Waals surface area contributed by atoms with E-state index < -0.39 is 5.82 Å². The van der Waals surface area contributed by atoms with E-state index in [4.69, 9.17) is 10.5 Å². The van der Waals surface area contributed by atoms with Crippen molar-refractivity contribution in [3.8, 4) is 17.0 Å². The number of nitrogens with two attached hydrogens (primary N) is 1. The van der Waals surface area contributed by atoms with Gasteiger partial charge in [0.1, 0.15) is 5.82 Å². The number of hydrogen-bond donors (Lipinski definition) is 1. The Labute approximate surface area is 91.9 Å². The van der Waals surface area contributed by atoms with E-state index in [2.05, 4.69) is 9.97 Å². The third-order valence-corrected chi connectivity index (χ3v) is 2.10. The van der Waals surface area contributed by atoms with Crippen molar-refractivity contribution in [2.75, 3.05) is 12.8 Å². The minimum atomic E-state index is -0.441. The lowest BCUT2D eigenvalue weighted by molar-refractivity contribution is 0.386. The van der Waals surface area contributed by atoms with Gasteiger partial charge >= 0.3 is 0 Å². The highest BCUT2D eigenvalue weighted by Gasteiger charge is 2.06. The number of halogens is 1. The maximum absolute atomic E-state index is 13.4. The highest BCUT2D eigenvalue weighted by Crippen LogP contribution is 2.23. The zero-order valence-corrected chi connectivity index (χ0v) is 8.64. The molecule has 0 radical (unpaired) electrons. The molecule has 0 spiro atoms. The van der Waals surface area contributed by atoms with E-state index in [0.717, 1.165) is 0 Å². The molecule has 2 N–H and O–H groups in total. The number of rotatable bonds is 2. The number of ether oxygens (including phenoxy) is 1. The summed E-state index contributed by atoms with van der Waals surface area (Å²) in [5.74, 6) is 0.0542. The fourth-order valence-corrected chi connectivity index (χ4v) is 1.35. The molecule has 0 aliphatic carbocycles. The molecule has 0 aliphatic rings. The monoisotopic (exact) mass is 219 g/mol. The van der Waals surface area contributed by atoms with E-state index in [0.29, 0.717) is 17.1 Å². The van der Waals surface area contributed by atoms with Crippen LogP contribution in [0.4, 0.5) is 10.2 Å². The Balaban J connectivity index is 2.45. The topological polar surface area (TPSA) is 61.0 Å². The molecule has 2 rings (SSSR count). The number of nitrogens with zero attached hydrogens (tertiary/aromatic N) is 2. The van der Waals surface area contributed by atoms with Crippen LogP contribution >= 0.6 is 0 Å². The second-order valence-corrected chi connectivity index (χ2v) is 3.18. The molecule has 0 fully saturated rings. The highest BCUT2D eigenvalue weighted by atomic mass is 19.1. The minimum Gasteiger partial charge on any atom is -0.494 e. The van der Waals surface area contributed by atoms with Crippen molar-refractivity contribution < 1.29 is 9.13 Å². The van der Waals surface area contributed by atoms with Crippen LogP contribution in [0.2, 0.25) is 0 Å². The maximum atomic E-state index is 13.4. The molecule has 4 nitrogen and oxygen atoms in total. The van der Waals surface area contributed by atoms with Crippen LogP contribution in [0.15, 0.2) is 30.6 Å². The molecule has 0 aliphatic heterocycles. The summed E-state index contributed by atoms with van der Waals surface area (Å²) in [7, 11) is 1.42. The number of hydrogen-bond acceptors (Lipinski definition) is 4. The number of nitrogen functional groups attached to an aromatic ring is 1. The zero-order chi connectivity index (χ0) is 11.5. The lowest BCUT2D eigenvalue weighted by Crippen LogP contribution is -1.94. The van der Waals surface area contributed by atoms with Gasteiger partial charge < -0.3 is 10.5 Å². The van der Waals surface area contributed by atoms with Crippen molar-refractivity contribution in [2.45, 2.75) is 0 Å². The van der Waals surface area contributed by atoms with Gasteiger partial charge in [0.2, 0.25) is 0 Å². The Morgan fingerprint density at radius 3 is 2.75 bits per heavy atom. The second kappa shape index (κ2) is 4.14. The van der Waals surface area contributed by atoms with Crippen LogP contribution in [0.1, 0.15) is 0 Å². The summed E-state index contributed by atoms with van der Waals surface area (Å²) in [6.45, 7) is 0. The molecule has 0 atom stereocenters. The molecule has 0 amide bonds. The molecule has 0 saturated carbocycles. The number of benzene rings is 1. The summed E-state index contributed by atoms with van der Waals surface area (Å²) in [5, 5.41) is 0. The van der Waals surface area contributed by atoms with Crippen LogP contribution in [-0.2, 0) is 0 Å². The Hall–Kier alpha value is -2.17. The summed E-state index contributed by atoms with van der Waals surface area (Å²) in [6.07, 6.45) is 2.96. The fourth-order valence-electron chi connectivity index (χ4n) is 1.35. The first kappa shape index (κ1) is 10.4. The summed E-state index contributed by atoms with van der Waals surface area (Å²) in [5.41, 5.74) is 6.64. The van der Waals surface area contributed by atoms with E-state index in [9.17, 15) is 4.39 Å². The van der Waals surface area contributed by atoms with Crippen molar-refractivity contribution in [1.82, 2.24) is 9.97 Å². The van der Waals surface area contributed by atoms with Crippen LogP contribution in [0.25, 0.3) is 11.3 Å². The molecule has 1 aromatic carbocycles. The van der Waals surface area contributed by atoms with E-state index in [-0.39, 0.29) is 5.75 Å². The number of aromatic nitrogens is 2. The average molecular weight is 219 g/mol. The molecule has 0 saturated heterocycles. The maximum Gasteiger partial charge on any atom is 0.165 e. The number of methoxy groups -OCH3 is 1. The second-order valence-electron chi connectivity index (χ2n) is 3.18. The van der Waals surface area contributed by atoms with Crippen LogP contribution in [0.3, 0.4) is 0 Å². The fraction of sp³-hybridized carbons (Fsp3) is 0.0909. The zero-order valence-electron chi connectivity index (χ0n) is 8.64. The Morgan fingerprint density at radius 2 is 2.12 bits per heavy atom. The highest BCUT2D eigenvalue weighted by molar-refractivity contribution is 5.60. The largest absolute Gasteiger partial charge is 0.494 e. The van der Waals surface area contributed by atoms with Gasteiger partial charge in [-0.15, -0.1) is 0 Å². The van der Waals surface area contributed by atoms with Gasteiger partial charge in [-0.2, -0.15) is 0 Å². The summed E-state index contributed by atoms with van der Waals surface area (Å²) >= 11 is 0. The smallest absolute Gasteiger partial charge is 0.165 e. The standard InChI is InChI=1S/C11H10FN3O/c1-16-10-3-2-7(4-8(10)12)9-5-14-6-11(13)15-9/h2-6H,1H3,(H2,13,15). The molecule has 2 aromatic rings.